The van der Waals surface area contributed by atoms with Crippen LogP contribution in [0.4, 0.5) is 0 Å². The molecule has 1 heterocycles. The average molecular weight is 381 g/mol. The Kier molecular flexibility index (Phi) is 6.74. The molecule has 0 aliphatic rings. The van der Waals surface area contributed by atoms with E-state index >= 15 is 0 Å². The van der Waals surface area contributed by atoms with Crippen molar-refractivity contribution in [3.05, 3.63) is 83.3 Å². The van der Waals surface area contributed by atoms with E-state index in [1.54, 1.807) is 18.4 Å². The molecule has 0 bridgehead atoms. The fourth-order valence-electron chi connectivity index (χ4n) is 3.25. The molecular weight excluding hydrogens is 354 g/mol. The van der Waals surface area contributed by atoms with Crippen molar-refractivity contribution in [2.24, 2.45) is 0 Å². The van der Waals surface area contributed by atoms with Crippen LogP contribution >= 0.6 is 0 Å². The number of phenols is 1. The molecular formula is C23H27NO4. The average Bonchev–Trinajstić information content (AvgIpc) is 3.16. The number of para-hydroxylation sites is 2. The molecule has 2 N–H and O–H groups in total. The lowest BCUT2D eigenvalue weighted by molar-refractivity contribution is 0.0598. The third-order valence-electron chi connectivity index (χ3n) is 4.64. The van der Waals surface area contributed by atoms with Gasteiger partial charge in [-0.05, 0) is 43.2 Å². The van der Waals surface area contributed by atoms with E-state index in [0.29, 0.717) is 19.6 Å². The van der Waals surface area contributed by atoms with Gasteiger partial charge in [-0.3, -0.25) is 4.90 Å². The molecule has 5 heteroatoms. The summed E-state index contributed by atoms with van der Waals surface area (Å²) in [5, 5.41) is 20.7. The van der Waals surface area contributed by atoms with Crippen LogP contribution in [-0.2, 0) is 13.1 Å². The highest BCUT2D eigenvalue weighted by molar-refractivity contribution is 5.39. The first-order chi connectivity index (χ1) is 13.5. The molecule has 0 aliphatic heterocycles. The van der Waals surface area contributed by atoms with Gasteiger partial charge in [0.1, 0.15) is 30.0 Å². The van der Waals surface area contributed by atoms with Crippen LogP contribution in [-0.4, -0.2) is 34.4 Å². The van der Waals surface area contributed by atoms with Gasteiger partial charge >= 0.3 is 0 Å². The Morgan fingerprint density at radius 3 is 2.39 bits per heavy atom. The summed E-state index contributed by atoms with van der Waals surface area (Å²) in [6.07, 6.45) is 0.952. The van der Waals surface area contributed by atoms with Gasteiger partial charge in [0, 0.05) is 18.7 Å². The first kappa shape index (κ1) is 20.0. The van der Waals surface area contributed by atoms with E-state index in [0.717, 1.165) is 28.2 Å². The summed E-state index contributed by atoms with van der Waals surface area (Å²) in [6, 6.07) is 17.0. The van der Waals surface area contributed by atoms with E-state index in [4.69, 9.17) is 9.15 Å². The minimum absolute atomic E-state index is 0.196. The van der Waals surface area contributed by atoms with Crippen LogP contribution in [0.1, 0.15) is 22.5 Å². The summed E-state index contributed by atoms with van der Waals surface area (Å²) in [4.78, 5) is 2.03. The maximum atomic E-state index is 10.6. The number of aryl methyl sites for hydroxylation is 2. The number of benzene rings is 2. The molecule has 5 nitrogen and oxygen atoms in total. The molecule has 0 fully saturated rings. The molecule has 0 radical (unpaired) electrons. The molecule has 0 unspecified atom stereocenters. The Labute approximate surface area is 165 Å². The first-order valence-corrected chi connectivity index (χ1v) is 9.41. The second kappa shape index (κ2) is 9.44. The fraction of sp³-hybridized carbons (Fsp3) is 0.304. The number of ether oxygens (including phenoxy) is 1. The van der Waals surface area contributed by atoms with Gasteiger partial charge in [0.05, 0.1) is 12.8 Å². The number of hydrogen-bond donors (Lipinski definition) is 2. The second-order valence-corrected chi connectivity index (χ2v) is 7.06. The highest BCUT2D eigenvalue weighted by Gasteiger charge is 2.17. The zero-order valence-corrected chi connectivity index (χ0v) is 16.3. The van der Waals surface area contributed by atoms with Crippen LogP contribution in [0.5, 0.6) is 11.5 Å². The number of hydrogen-bond acceptors (Lipinski definition) is 5. The van der Waals surface area contributed by atoms with Gasteiger partial charge in [-0.15, -0.1) is 0 Å². The van der Waals surface area contributed by atoms with E-state index in [9.17, 15) is 10.2 Å². The third kappa shape index (κ3) is 5.38. The summed E-state index contributed by atoms with van der Waals surface area (Å²) in [5.74, 6) is 1.87. The molecule has 0 amide bonds. The summed E-state index contributed by atoms with van der Waals surface area (Å²) in [7, 11) is 0. The highest BCUT2D eigenvalue weighted by Crippen LogP contribution is 2.23. The van der Waals surface area contributed by atoms with Crippen molar-refractivity contribution in [3.63, 3.8) is 0 Å². The number of aliphatic hydroxyl groups is 1. The predicted molar refractivity (Wildman–Crippen MR) is 108 cm³/mol. The van der Waals surface area contributed by atoms with Gasteiger partial charge in [0.25, 0.3) is 0 Å². The molecule has 0 aliphatic carbocycles. The van der Waals surface area contributed by atoms with Gasteiger partial charge < -0.3 is 19.4 Å². The minimum Gasteiger partial charge on any atom is -0.508 e. The summed E-state index contributed by atoms with van der Waals surface area (Å²) in [5.41, 5.74) is 2.90. The molecule has 2 aromatic carbocycles. The van der Waals surface area contributed by atoms with Crippen LogP contribution in [0.15, 0.2) is 65.3 Å². The van der Waals surface area contributed by atoms with Gasteiger partial charge in [0.2, 0.25) is 0 Å². The van der Waals surface area contributed by atoms with Gasteiger partial charge in [-0.1, -0.05) is 36.4 Å². The number of phenolic OH excluding ortho intramolecular Hbond substituents is 1. The van der Waals surface area contributed by atoms with Gasteiger partial charge in [-0.2, -0.15) is 0 Å². The van der Waals surface area contributed by atoms with E-state index in [2.05, 4.69) is 0 Å². The third-order valence-corrected chi connectivity index (χ3v) is 4.64. The van der Waals surface area contributed by atoms with Gasteiger partial charge in [0.15, 0.2) is 0 Å². The molecule has 0 saturated heterocycles. The van der Waals surface area contributed by atoms with Crippen molar-refractivity contribution in [3.8, 4) is 11.5 Å². The Morgan fingerprint density at radius 2 is 1.71 bits per heavy atom. The summed E-state index contributed by atoms with van der Waals surface area (Å²) >= 11 is 0. The molecule has 0 spiro atoms. The van der Waals surface area contributed by atoms with E-state index in [1.165, 1.54) is 0 Å². The van der Waals surface area contributed by atoms with Crippen LogP contribution in [0, 0.1) is 13.8 Å². The SMILES string of the molecule is Cc1cccc(C)c1OC[C@@H](O)CN(Cc1ccco1)Cc1ccccc1O. The standard InChI is InChI=1S/C23H27NO4/c1-17-7-5-8-18(2)23(17)28-16-20(25)14-24(15-21-10-6-12-27-21)13-19-9-3-4-11-22(19)26/h3-12,20,25-26H,13-16H2,1-2H3/t20-/m0/s1. The van der Waals surface area contributed by atoms with E-state index in [1.807, 2.05) is 61.2 Å². The van der Waals surface area contributed by atoms with E-state index in [-0.39, 0.29) is 12.4 Å². The zero-order valence-electron chi connectivity index (χ0n) is 16.3. The minimum atomic E-state index is -0.681. The summed E-state index contributed by atoms with van der Waals surface area (Å²) in [6.45, 7) is 5.60. The maximum Gasteiger partial charge on any atom is 0.125 e. The van der Waals surface area contributed by atoms with Crippen molar-refractivity contribution in [1.82, 2.24) is 4.90 Å². The number of furan rings is 1. The molecule has 1 atom stereocenters. The number of rotatable bonds is 9. The largest absolute Gasteiger partial charge is 0.508 e. The number of nitrogens with zero attached hydrogens (tertiary/aromatic N) is 1. The first-order valence-electron chi connectivity index (χ1n) is 9.41. The second-order valence-electron chi connectivity index (χ2n) is 7.06. The fourth-order valence-corrected chi connectivity index (χ4v) is 3.25. The lowest BCUT2D eigenvalue weighted by Crippen LogP contribution is -2.35. The van der Waals surface area contributed by atoms with Crippen molar-refractivity contribution in [1.29, 1.82) is 0 Å². The Balaban J connectivity index is 1.65. The molecule has 3 aromatic rings. The lowest BCUT2D eigenvalue weighted by atomic mass is 10.1. The van der Waals surface area contributed by atoms with Crippen molar-refractivity contribution >= 4 is 0 Å². The quantitative estimate of drug-likeness (QED) is 0.585. The number of aliphatic hydroxyl groups excluding tert-OH is 1. The highest BCUT2D eigenvalue weighted by atomic mass is 16.5. The lowest BCUT2D eigenvalue weighted by Gasteiger charge is -2.25. The zero-order chi connectivity index (χ0) is 19.9. The Bertz CT molecular complexity index is 856. The van der Waals surface area contributed by atoms with Crippen LogP contribution in [0.3, 0.4) is 0 Å². The number of aromatic hydroxyl groups is 1. The Hall–Kier alpha value is -2.76. The normalized spacial score (nSPS) is 12.3. The summed E-state index contributed by atoms with van der Waals surface area (Å²) < 4.78 is 11.3. The van der Waals surface area contributed by atoms with Gasteiger partial charge in [-0.25, -0.2) is 0 Å². The van der Waals surface area contributed by atoms with Crippen molar-refractivity contribution in [2.75, 3.05) is 13.2 Å². The van der Waals surface area contributed by atoms with Crippen molar-refractivity contribution < 1.29 is 19.4 Å². The molecule has 148 valence electrons. The van der Waals surface area contributed by atoms with E-state index < -0.39 is 6.10 Å². The predicted octanol–water partition coefficient (Wildman–Crippen LogP) is 4.04. The topological polar surface area (TPSA) is 66.1 Å². The maximum absolute atomic E-state index is 10.6. The van der Waals surface area contributed by atoms with Crippen LogP contribution in [0.25, 0.3) is 0 Å². The monoisotopic (exact) mass is 381 g/mol. The van der Waals surface area contributed by atoms with Crippen LogP contribution < -0.4 is 4.74 Å². The molecule has 0 saturated carbocycles. The van der Waals surface area contributed by atoms with Crippen LogP contribution in [0.2, 0.25) is 0 Å². The molecule has 1 aromatic heterocycles. The molecule has 3 rings (SSSR count). The van der Waals surface area contributed by atoms with Crippen molar-refractivity contribution in [2.45, 2.75) is 33.0 Å². The molecule has 28 heavy (non-hydrogen) atoms. The Morgan fingerprint density at radius 1 is 0.964 bits per heavy atom. The smallest absolute Gasteiger partial charge is 0.125 e.